The largest absolute Gasteiger partial charge is 0.393 e. The van der Waals surface area contributed by atoms with Crippen molar-refractivity contribution in [3.63, 3.8) is 0 Å². The first-order valence-corrected chi connectivity index (χ1v) is 8.18. The quantitative estimate of drug-likeness (QED) is 0.817. The first-order chi connectivity index (χ1) is 11.5. The van der Waals surface area contributed by atoms with Gasteiger partial charge in [-0.1, -0.05) is 24.3 Å². The number of hydrogen-bond acceptors (Lipinski definition) is 3. The average molecular weight is 330 g/mol. The second kappa shape index (κ2) is 8.49. The molecule has 1 heterocycles. The molecular weight excluding hydrogens is 304 g/mol. The van der Waals surface area contributed by atoms with E-state index < -0.39 is 6.10 Å². The Kier molecular flexibility index (Phi) is 6.37. The van der Waals surface area contributed by atoms with Crippen LogP contribution in [0, 0.1) is 6.92 Å². The summed E-state index contributed by atoms with van der Waals surface area (Å²) in [6.45, 7) is 5.48. The molecule has 1 aromatic heterocycles. The number of hydrogen-bond donors (Lipinski definition) is 2. The van der Waals surface area contributed by atoms with E-state index in [-0.39, 0.29) is 6.03 Å². The van der Waals surface area contributed by atoms with Crippen LogP contribution in [0.1, 0.15) is 30.3 Å². The van der Waals surface area contributed by atoms with Crippen molar-refractivity contribution in [1.29, 1.82) is 0 Å². The number of aryl methyl sites for hydroxylation is 1. The Morgan fingerprint density at radius 2 is 2.17 bits per heavy atom. The third kappa shape index (κ3) is 5.38. The zero-order valence-electron chi connectivity index (χ0n) is 14.6. The van der Waals surface area contributed by atoms with Gasteiger partial charge in [0.25, 0.3) is 0 Å². The van der Waals surface area contributed by atoms with Crippen LogP contribution in [0.25, 0.3) is 0 Å². The number of rotatable bonds is 7. The molecule has 0 radical (unpaired) electrons. The summed E-state index contributed by atoms with van der Waals surface area (Å²) >= 11 is 0. The van der Waals surface area contributed by atoms with Gasteiger partial charge in [-0.25, -0.2) is 9.78 Å². The van der Waals surface area contributed by atoms with Crippen LogP contribution in [0.2, 0.25) is 0 Å². The molecule has 0 spiro atoms. The molecule has 0 fully saturated rings. The number of nitrogens with one attached hydrogen (secondary N) is 1. The summed E-state index contributed by atoms with van der Waals surface area (Å²) in [6.07, 6.45) is 3.93. The third-order valence-electron chi connectivity index (χ3n) is 3.94. The van der Waals surface area contributed by atoms with E-state index in [1.807, 2.05) is 25.3 Å². The maximum atomic E-state index is 12.0. The second-order valence-corrected chi connectivity index (χ2v) is 6.14. The van der Waals surface area contributed by atoms with Crippen LogP contribution >= 0.6 is 0 Å². The van der Waals surface area contributed by atoms with Gasteiger partial charge in [-0.05, 0) is 31.4 Å². The number of aliphatic hydroxyl groups excluding tert-OH is 1. The van der Waals surface area contributed by atoms with Gasteiger partial charge in [0.1, 0.15) is 5.82 Å². The molecule has 0 aliphatic rings. The van der Waals surface area contributed by atoms with E-state index in [0.29, 0.717) is 19.5 Å². The fourth-order valence-electron chi connectivity index (χ4n) is 2.40. The van der Waals surface area contributed by atoms with Crippen molar-refractivity contribution in [2.45, 2.75) is 39.5 Å². The first kappa shape index (κ1) is 18.0. The fraction of sp³-hybridized carbons (Fsp3) is 0.444. The maximum Gasteiger partial charge on any atom is 0.317 e. The van der Waals surface area contributed by atoms with Gasteiger partial charge in [0.05, 0.1) is 6.10 Å². The number of aromatic nitrogens is 2. The summed E-state index contributed by atoms with van der Waals surface area (Å²) < 4.78 is 2.08. The molecule has 6 heteroatoms. The number of nitrogens with zero attached hydrogens (tertiary/aromatic N) is 3. The normalized spacial score (nSPS) is 12.0. The minimum absolute atomic E-state index is 0.133. The summed E-state index contributed by atoms with van der Waals surface area (Å²) in [6, 6.07) is 8.03. The van der Waals surface area contributed by atoms with Crippen LogP contribution in [0.3, 0.4) is 0 Å². The Hall–Kier alpha value is -2.34. The highest BCUT2D eigenvalue weighted by Crippen LogP contribution is 2.09. The Balaban J connectivity index is 1.88. The van der Waals surface area contributed by atoms with E-state index >= 15 is 0 Å². The van der Waals surface area contributed by atoms with E-state index in [1.165, 1.54) is 5.56 Å². The Morgan fingerprint density at radius 3 is 2.83 bits per heavy atom. The molecule has 0 aliphatic heterocycles. The number of amides is 2. The smallest absolute Gasteiger partial charge is 0.317 e. The van der Waals surface area contributed by atoms with Crippen LogP contribution in [0.15, 0.2) is 36.7 Å². The van der Waals surface area contributed by atoms with Gasteiger partial charge in [0.15, 0.2) is 0 Å². The lowest BCUT2D eigenvalue weighted by Gasteiger charge is -2.18. The van der Waals surface area contributed by atoms with E-state index in [1.54, 1.807) is 25.1 Å². The highest BCUT2D eigenvalue weighted by atomic mass is 16.3. The number of carbonyl (C=O) groups is 1. The van der Waals surface area contributed by atoms with Crippen LogP contribution < -0.4 is 5.32 Å². The predicted molar refractivity (Wildman–Crippen MR) is 93.7 cm³/mol. The van der Waals surface area contributed by atoms with Crippen molar-refractivity contribution in [1.82, 2.24) is 19.8 Å². The first-order valence-electron chi connectivity index (χ1n) is 8.18. The van der Waals surface area contributed by atoms with Crippen molar-refractivity contribution in [2.24, 2.45) is 0 Å². The van der Waals surface area contributed by atoms with E-state index in [4.69, 9.17) is 0 Å². The van der Waals surface area contributed by atoms with Crippen LogP contribution in [-0.4, -0.2) is 45.3 Å². The molecule has 6 nitrogen and oxygen atoms in total. The van der Waals surface area contributed by atoms with Crippen molar-refractivity contribution in [3.05, 3.63) is 53.6 Å². The summed E-state index contributed by atoms with van der Waals surface area (Å²) in [7, 11) is 1.73. The van der Waals surface area contributed by atoms with Crippen LogP contribution in [0.4, 0.5) is 4.79 Å². The van der Waals surface area contributed by atoms with Crippen molar-refractivity contribution < 1.29 is 9.90 Å². The minimum atomic E-state index is -0.399. The zero-order valence-corrected chi connectivity index (χ0v) is 14.6. The Labute approximate surface area is 143 Å². The minimum Gasteiger partial charge on any atom is -0.393 e. The number of aliphatic hydroxyl groups is 1. The highest BCUT2D eigenvalue weighted by Gasteiger charge is 2.09. The van der Waals surface area contributed by atoms with Gasteiger partial charge in [-0.3, -0.25) is 0 Å². The molecule has 24 heavy (non-hydrogen) atoms. The van der Waals surface area contributed by atoms with Gasteiger partial charge in [0, 0.05) is 39.1 Å². The maximum absolute atomic E-state index is 12.0. The number of benzene rings is 1. The fourth-order valence-corrected chi connectivity index (χ4v) is 2.40. The van der Waals surface area contributed by atoms with Gasteiger partial charge < -0.3 is 19.9 Å². The molecule has 1 atom stereocenters. The SMILES string of the molecule is Cc1nccn1Cc1cccc(CNC(=O)N(C)CCC(C)O)c1. The highest BCUT2D eigenvalue weighted by molar-refractivity contribution is 5.73. The lowest BCUT2D eigenvalue weighted by Crippen LogP contribution is -2.38. The van der Waals surface area contributed by atoms with E-state index in [0.717, 1.165) is 17.9 Å². The second-order valence-electron chi connectivity index (χ2n) is 6.14. The molecule has 0 aliphatic carbocycles. The number of imidazole rings is 1. The summed E-state index contributed by atoms with van der Waals surface area (Å²) in [5.74, 6) is 0.980. The molecule has 2 amide bonds. The van der Waals surface area contributed by atoms with Crippen LogP contribution in [0.5, 0.6) is 0 Å². The number of carbonyl (C=O) groups excluding carboxylic acids is 1. The molecule has 0 saturated heterocycles. The molecule has 2 aromatic rings. The topological polar surface area (TPSA) is 70.4 Å². The molecule has 1 aromatic carbocycles. The molecule has 0 saturated carbocycles. The predicted octanol–water partition coefficient (Wildman–Crippen LogP) is 2.15. The zero-order chi connectivity index (χ0) is 17.5. The average Bonchev–Trinajstić information content (AvgIpc) is 2.95. The van der Waals surface area contributed by atoms with Crippen LogP contribution in [-0.2, 0) is 13.1 Å². The van der Waals surface area contributed by atoms with Gasteiger partial charge in [0.2, 0.25) is 0 Å². The molecular formula is C18H26N4O2. The van der Waals surface area contributed by atoms with Gasteiger partial charge >= 0.3 is 6.03 Å². The van der Waals surface area contributed by atoms with Crippen molar-refractivity contribution >= 4 is 6.03 Å². The molecule has 2 N–H and O–H groups in total. The Bertz CT molecular complexity index is 667. The lowest BCUT2D eigenvalue weighted by atomic mass is 10.1. The molecule has 0 bridgehead atoms. The Morgan fingerprint density at radius 1 is 1.42 bits per heavy atom. The molecule has 2 rings (SSSR count). The van der Waals surface area contributed by atoms with Crippen molar-refractivity contribution in [2.75, 3.05) is 13.6 Å². The summed E-state index contributed by atoms with van der Waals surface area (Å²) in [5.41, 5.74) is 2.23. The van der Waals surface area contributed by atoms with Crippen molar-refractivity contribution in [3.8, 4) is 0 Å². The third-order valence-corrected chi connectivity index (χ3v) is 3.94. The number of urea groups is 1. The summed E-state index contributed by atoms with van der Waals surface area (Å²) in [4.78, 5) is 17.9. The summed E-state index contributed by atoms with van der Waals surface area (Å²) in [5, 5.41) is 12.2. The molecule has 1 unspecified atom stereocenters. The monoisotopic (exact) mass is 330 g/mol. The van der Waals surface area contributed by atoms with Gasteiger partial charge in [-0.15, -0.1) is 0 Å². The van der Waals surface area contributed by atoms with E-state index in [2.05, 4.69) is 27.0 Å². The lowest BCUT2D eigenvalue weighted by molar-refractivity contribution is 0.163. The molecule has 130 valence electrons. The van der Waals surface area contributed by atoms with E-state index in [9.17, 15) is 9.90 Å². The standard InChI is InChI=1S/C18H26N4O2/c1-14(23)7-9-21(3)18(24)20-12-16-5-4-6-17(11-16)13-22-10-8-19-15(22)2/h4-6,8,10-11,14,23H,7,9,12-13H2,1-3H3,(H,20,24). The van der Waals surface area contributed by atoms with Gasteiger partial charge in [-0.2, -0.15) is 0 Å².